The van der Waals surface area contributed by atoms with E-state index >= 15 is 0 Å². The third-order valence-electron chi connectivity index (χ3n) is 3.35. The van der Waals surface area contributed by atoms with Crippen molar-refractivity contribution in [2.24, 2.45) is 0 Å². The van der Waals surface area contributed by atoms with Gasteiger partial charge < -0.3 is 0 Å². The first-order chi connectivity index (χ1) is 10.5. The van der Waals surface area contributed by atoms with Crippen LogP contribution < -0.4 is 5.56 Å². The number of hydrogen-bond acceptors (Lipinski definition) is 3. The van der Waals surface area contributed by atoms with Crippen LogP contribution in [0.5, 0.6) is 0 Å². The number of rotatable bonds is 2. The molecule has 0 aliphatic heterocycles. The van der Waals surface area contributed by atoms with Crippen LogP contribution in [0.4, 0.5) is 13.2 Å². The van der Waals surface area contributed by atoms with Crippen LogP contribution in [0.1, 0.15) is 32.0 Å². The van der Waals surface area contributed by atoms with Gasteiger partial charge in [-0.1, -0.05) is 44.7 Å². The summed E-state index contributed by atoms with van der Waals surface area (Å²) in [5.41, 5.74) is -0.410. The van der Waals surface area contributed by atoms with E-state index in [1.165, 1.54) is 4.57 Å². The SMILES string of the molecule is CSc1nc(C(F)(F)F)cc(=O)n1-c1ccc(C(C)(C)C)cc1. The van der Waals surface area contributed by atoms with Crippen molar-refractivity contribution in [1.82, 2.24) is 9.55 Å². The summed E-state index contributed by atoms with van der Waals surface area (Å²) in [4.78, 5) is 15.7. The van der Waals surface area contributed by atoms with E-state index < -0.39 is 17.4 Å². The first-order valence-electron chi connectivity index (χ1n) is 6.90. The van der Waals surface area contributed by atoms with Gasteiger partial charge in [0.1, 0.15) is 0 Å². The van der Waals surface area contributed by atoms with E-state index in [1.807, 2.05) is 12.1 Å². The van der Waals surface area contributed by atoms with Crippen LogP contribution in [-0.4, -0.2) is 15.8 Å². The van der Waals surface area contributed by atoms with Gasteiger partial charge in [-0.2, -0.15) is 13.2 Å². The van der Waals surface area contributed by atoms with Crippen molar-refractivity contribution in [3.63, 3.8) is 0 Å². The molecule has 0 unspecified atom stereocenters. The summed E-state index contributed by atoms with van der Waals surface area (Å²) in [6.07, 6.45) is -3.05. The van der Waals surface area contributed by atoms with Gasteiger partial charge in [-0.25, -0.2) is 4.98 Å². The molecular weight excluding hydrogens is 325 g/mol. The van der Waals surface area contributed by atoms with Crippen molar-refractivity contribution < 1.29 is 13.2 Å². The zero-order valence-corrected chi connectivity index (χ0v) is 14.0. The van der Waals surface area contributed by atoms with Crippen molar-refractivity contribution in [3.05, 3.63) is 51.9 Å². The number of hydrogen-bond donors (Lipinski definition) is 0. The van der Waals surface area contributed by atoms with E-state index in [-0.39, 0.29) is 10.6 Å². The zero-order chi connectivity index (χ0) is 17.4. The second kappa shape index (κ2) is 6.03. The summed E-state index contributed by atoms with van der Waals surface area (Å²) in [6.45, 7) is 6.17. The molecule has 1 aromatic carbocycles. The minimum absolute atomic E-state index is 0.00772. The smallest absolute Gasteiger partial charge is 0.269 e. The summed E-state index contributed by atoms with van der Waals surface area (Å²) in [7, 11) is 0. The molecule has 7 heteroatoms. The van der Waals surface area contributed by atoms with E-state index in [1.54, 1.807) is 18.4 Å². The molecule has 0 radical (unpaired) electrons. The first-order valence-corrected chi connectivity index (χ1v) is 8.12. The predicted molar refractivity (Wildman–Crippen MR) is 85.3 cm³/mol. The van der Waals surface area contributed by atoms with Crippen molar-refractivity contribution in [2.75, 3.05) is 6.26 Å². The molecular formula is C16H17F3N2OS. The lowest BCUT2D eigenvalue weighted by Gasteiger charge is -2.20. The lowest BCUT2D eigenvalue weighted by Crippen LogP contribution is -2.24. The van der Waals surface area contributed by atoms with Crippen molar-refractivity contribution >= 4 is 11.8 Å². The van der Waals surface area contributed by atoms with Gasteiger partial charge in [-0.05, 0) is 29.4 Å². The molecule has 0 N–H and O–H groups in total. The maximum Gasteiger partial charge on any atom is 0.433 e. The fourth-order valence-electron chi connectivity index (χ4n) is 2.09. The Hall–Kier alpha value is -1.76. The van der Waals surface area contributed by atoms with Gasteiger partial charge in [0, 0.05) is 6.07 Å². The van der Waals surface area contributed by atoms with Crippen LogP contribution in [0, 0.1) is 0 Å². The lowest BCUT2D eigenvalue weighted by molar-refractivity contribution is -0.141. The quantitative estimate of drug-likeness (QED) is 0.604. The minimum atomic E-state index is -4.64. The molecule has 0 spiro atoms. The molecule has 3 nitrogen and oxygen atoms in total. The summed E-state index contributed by atoms with van der Waals surface area (Å²) in [5.74, 6) is 0. The van der Waals surface area contributed by atoms with Gasteiger partial charge in [-0.3, -0.25) is 9.36 Å². The van der Waals surface area contributed by atoms with Gasteiger partial charge in [0.2, 0.25) is 0 Å². The highest BCUT2D eigenvalue weighted by Gasteiger charge is 2.34. The molecule has 0 aliphatic rings. The predicted octanol–water partition coefficient (Wildman–Crippen LogP) is 4.27. The molecule has 2 rings (SSSR count). The average Bonchev–Trinajstić information content (AvgIpc) is 2.44. The first kappa shape index (κ1) is 17.6. The Kier molecular flexibility index (Phi) is 4.61. The molecule has 0 saturated heterocycles. The number of benzene rings is 1. The molecule has 0 saturated carbocycles. The van der Waals surface area contributed by atoms with Crippen LogP contribution in [0.2, 0.25) is 0 Å². The number of thioether (sulfide) groups is 1. The van der Waals surface area contributed by atoms with Crippen LogP contribution in [0.3, 0.4) is 0 Å². The number of halogens is 3. The Balaban J connectivity index is 2.58. The Bertz CT molecular complexity index is 759. The fraction of sp³-hybridized carbons (Fsp3) is 0.375. The summed E-state index contributed by atoms with van der Waals surface area (Å²) in [6, 6.07) is 7.69. The van der Waals surface area contributed by atoms with Crippen molar-refractivity contribution in [2.45, 2.75) is 37.5 Å². The maximum absolute atomic E-state index is 12.8. The zero-order valence-electron chi connectivity index (χ0n) is 13.2. The molecule has 23 heavy (non-hydrogen) atoms. The molecule has 0 bridgehead atoms. The minimum Gasteiger partial charge on any atom is -0.269 e. The number of alkyl halides is 3. The van der Waals surface area contributed by atoms with E-state index in [0.717, 1.165) is 17.3 Å². The number of nitrogens with zero attached hydrogens (tertiary/aromatic N) is 2. The van der Waals surface area contributed by atoms with E-state index in [2.05, 4.69) is 25.8 Å². The lowest BCUT2D eigenvalue weighted by atomic mass is 9.87. The van der Waals surface area contributed by atoms with Crippen LogP contribution in [-0.2, 0) is 11.6 Å². The molecule has 2 aromatic rings. The molecule has 0 aliphatic carbocycles. The fourth-order valence-corrected chi connectivity index (χ4v) is 2.66. The number of aromatic nitrogens is 2. The second-order valence-corrected chi connectivity index (χ2v) is 6.87. The molecule has 124 valence electrons. The Morgan fingerprint density at radius 2 is 1.65 bits per heavy atom. The van der Waals surface area contributed by atoms with Crippen LogP contribution in [0.25, 0.3) is 5.69 Å². The third-order valence-corrected chi connectivity index (χ3v) is 3.99. The van der Waals surface area contributed by atoms with Crippen molar-refractivity contribution in [1.29, 1.82) is 0 Å². The Morgan fingerprint density at radius 1 is 1.09 bits per heavy atom. The average molecular weight is 342 g/mol. The summed E-state index contributed by atoms with van der Waals surface area (Å²) in [5, 5.41) is 0.00772. The molecule has 0 atom stereocenters. The Morgan fingerprint density at radius 3 is 2.09 bits per heavy atom. The van der Waals surface area contributed by atoms with Gasteiger partial charge in [0.05, 0.1) is 5.69 Å². The topological polar surface area (TPSA) is 34.9 Å². The maximum atomic E-state index is 12.8. The summed E-state index contributed by atoms with van der Waals surface area (Å²) >= 11 is 0.996. The highest BCUT2D eigenvalue weighted by molar-refractivity contribution is 7.98. The molecule has 0 amide bonds. The monoisotopic (exact) mass is 342 g/mol. The summed E-state index contributed by atoms with van der Waals surface area (Å²) < 4.78 is 39.5. The second-order valence-electron chi connectivity index (χ2n) is 6.10. The molecule has 1 heterocycles. The highest BCUT2D eigenvalue weighted by atomic mass is 32.2. The van der Waals surface area contributed by atoms with Crippen LogP contribution >= 0.6 is 11.8 Å². The van der Waals surface area contributed by atoms with Crippen LogP contribution in [0.15, 0.2) is 40.3 Å². The molecule has 1 aromatic heterocycles. The largest absolute Gasteiger partial charge is 0.433 e. The van der Waals surface area contributed by atoms with Gasteiger partial charge in [0.15, 0.2) is 10.9 Å². The van der Waals surface area contributed by atoms with E-state index in [9.17, 15) is 18.0 Å². The molecule has 0 fully saturated rings. The normalized spacial score (nSPS) is 12.5. The highest BCUT2D eigenvalue weighted by Crippen LogP contribution is 2.29. The van der Waals surface area contributed by atoms with E-state index in [4.69, 9.17) is 0 Å². The standard InChI is InChI=1S/C16H17F3N2OS/c1-15(2,3)10-5-7-11(8-6-10)21-13(22)9-12(16(17,18)19)20-14(21)23-4/h5-9H,1-4H3. The van der Waals surface area contributed by atoms with Gasteiger partial charge in [-0.15, -0.1) is 0 Å². The van der Waals surface area contributed by atoms with Crippen molar-refractivity contribution in [3.8, 4) is 5.69 Å². The van der Waals surface area contributed by atoms with Gasteiger partial charge >= 0.3 is 6.18 Å². The third kappa shape index (κ3) is 3.77. The van der Waals surface area contributed by atoms with E-state index in [0.29, 0.717) is 11.8 Å². The van der Waals surface area contributed by atoms with Gasteiger partial charge in [0.25, 0.3) is 5.56 Å². The Labute approximate surface area is 136 Å².